The van der Waals surface area contributed by atoms with Gasteiger partial charge < -0.3 is 0 Å². The minimum Gasteiger partial charge on any atom is -0.204 e. The summed E-state index contributed by atoms with van der Waals surface area (Å²) in [4.78, 5) is 0. The van der Waals surface area contributed by atoms with Crippen molar-refractivity contribution >= 4 is 0 Å². The molecule has 0 amide bonds. The molecule has 0 aliphatic carbocycles. The minimum absolute atomic E-state index is 0.730. The molecule has 0 atom stereocenters. The summed E-state index contributed by atoms with van der Waals surface area (Å²) < 4.78 is 24.3. The summed E-state index contributed by atoms with van der Waals surface area (Å²) in [6.45, 7) is 12.1. The molecule has 0 unspecified atom stereocenters. The molecule has 0 saturated heterocycles. The number of halogens is 2. The average molecular weight is 278 g/mol. The first-order chi connectivity index (χ1) is 9.40. The minimum atomic E-state index is -0.791. The largest absolute Gasteiger partial charge is 0.204 e. The third-order valence-electron chi connectivity index (χ3n) is 2.74. The molecule has 0 N–H and O–H groups in total. The van der Waals surface area contributed by atoms with Gasteiger partial charge in [0.2, 0.25) is 0 Å². The lowest BCUT2D eigenvalue weighted by Gasteiger charge is -1.98. The smallest absolute Gasteiger partial charge is 0.159 e. The van der Waals surface area contributed by atoms with Crippen LogP contribution in [0.4, 0.5) is 8.78 Å². The maximum absolute atomic E-state index is 12.2. The highest BCUT2D eigenvalue weighted by Gasteiger charge is 1.97. The molecule has 0 aliphatic heterocycles. The first-order valence-corrected chi connectivity index (χ1v) is 6.85. The Labute approximate surface area is 121 Å². The van der Waals surface area contributed by atoms with E-state index in [1.54, 1.807) is 6.92 Å². The van der Waals surface area contributed by atoms with Gasteiger partial charge in [0.1, 0.15) is 0 Å². The summed E-state index contributed by atoms with van der Waals surface area (Å²) in [6.07, 6.45) is 0. The van der Waals surface area contributed by atoms with E-state index in [1.165, 1.54) is 22.8 Å². The Morgan fingerprint density at radius 1 is 0.600 bits per heavy atom. The van der Waals surface area contributed by atoms with E-state index in [1.807, 2.05) is 13.8 Å². The van der Waals surface area contributed by atoms with Crippen LogP contribution in [0.15, 0.2) is 36.4 Å². The zero-order valence-corrected chi connectivity index (χ0v) is 13.2. The predicted molar refractivity (Wildman–Crippen MR) is 83.1 cm³/mol. The molecule has 0 radical (unpaired) electrons. The molecule has 2 aromatic carbocycles. The second kappa shape index (κ2) is 9.24. The molecule has 0 heterocycles. The Morgan fingerprint density at radius 3 is 1.50 bits per heavy atom. The van der Waals surface area contributed by atoms with Crippen molar-refractivity contribution in [3.63, 3.8) is 0 Å². The van der Waals surface area contributed by atoms with Crippen LogP contribution in [0.3, 0.4) is 0 Å². The standard InChI is InChI=1S/C9H12.C7H6F2.C2H6/c1-7-4-5-8(2)9(3)6-7;1-5-2-3-6(8)7(9)4-5;1-2/h4-6H,1-3H3;2-4H,1H3;1-2H3. The van der Waals surface area contributed by atoms with Crippen molar-refractivity contribution in [2.75, 3.05) is 0 Å². The second-order valence-electron chi connectivity index (χ2n) is 4.51. The predicted octanol–water partition coefficient (Wildman–Crippen LogP) is 5.91. The van der Waals surface area contributed by atoms with Gasteiger partial charge in [-0.3, -0.25) is 0 Å². The molecule has 0 bridgehead atoms. The van der Waals surface area contributed by atoms with E-state index < -0.39 is 11.6 Å². The van der Waals surface area contributed by atoms with E-state index in [9.17, 15) is 8.78 Å². The maximum atomic E-state index is 12.2. The highest BCUT2D eigenvalue weighted by Crippen LogP contribution is 2.07. The van der Waals surface area contributed by atoms with E-state index in [-0.39, 0.29) is 0 Å². The van der Waals surface area contributed by atoms with Crippen LogP contribution in [-0.4, -0.2) is 0 Å². The van der Waals surface area contributed by atoms with Gasteiger partial charge in [0.25, 0.3) is 0 Å². The second-order valence-corrected chi connectivity index (χ2v) is 4.51. The Morgan fingerprint density at radius 2 is 1.10 bits per heavy atom. The Hall–Kier alpha value is -1.70. The van der Waals surface area contributed by atoms with Crippen LogP contribution in [0.2, 0.25) is 0 Å². The summed E-state index contributed by atoms with van der Waals surface area (Å²) in [5, 5.41) is 0. The lowest BCUT2D eigenvalue weighted by molar-refractivity contribution is 0.508. The molecule has 0 fully saturated rings. The third kappa shape index (κ3) is 6.46. The number of benzene rings is 2. The summed E-state index contributed by atoms with van der Waals surface area (Å²) in [5.41, 5.74) is 4.84. The molecule has 2 rings (SSSR count). The van der Waals surface area contributed by atoms with Crippen molar-refractivity contribution in [1.82, 2.24) is 0 Å². The Balaban J connectivity index is 0.000000321. The fraction of sp³-hybridized carbons (Fsp3) is 0.333. The molecule has 0 aliphatic rings. The maximum Gasteiger partial charge on any atom is 0.159 e. The van der Waals surface area contributed by atoms with Crippen molar-refractivity contribution in [1.29, 1.82) is 0 Å². The fourth-order valence-corrected chi connectivity index (χ4v) is 1.49. The zero-order chi connectivity index (χ0) is 15.7. The van der Waals surface area contributed by atoms with Gasteiger partial charge in [-0.15, -0.1) is 0 Å². The van der Waals surface area contributed by atoms with Crippen LogP contribution >= 0.6 is 0 Å². The molecule has 2 heteroatoms. The Kier molecular flexibility index (Phi) is 8.46. The number of rotatable bonds is 0. The number of aryl methyl sites for hydroxylation is 4. The van der Waals surface area contributed by atoms with Crippen molar-refractivity contribution in [2.24, 2.45) is 0 Å². The van der Waals surface area contributed by atoms with E-state index in [0.717, 1.165) is 17.7 Å². The normalized spacial score (nSPS) is 9.00. The van der Waals surface area contributed by atoms with Crippen LogP contribution < -0.4 is 0 Å². The molecular formula is C18H24F2. The van der Waals surface area contributed by atoms with Crippen molar-refractivity contribution in [3.8, 4) is 0 Å². The number of hydrogen-bond acceptors (Lipinski definition) is 0. The topological polar surface area (TPSA) is 0 Å². The van der Waals surface area contributed by atoms with Gasteiger partial charge in [0.15, 0.2) is 11.6 Å². The average Bonchev–Trinajstić information content (AvgIpc) is 2.42. The van der Waals surface area contributed by atoms with Gasteiger partial charge in [0, 0.05) is 0 Å². The van der Waals surface area contributed by atoms with E-state index in [0.29, 0.717) is 0 Å². The van der Waals surface area contributed by atoms with E-state index in [4.69, 9.17) is 0 Å². The molecule has 0 nitrogen and oxygen atoms in total. The summed E-state index contributed by atoms with van der Waals surface area (Å²) in [6, 6.07) is 10.3. The molecule has 110 valence electrons. The van der Waals surface area contributed by atoms with Crippen molar-refractivity contribution in [3.05, 3.63) is 70.3 Å². The van der Waals surface area contributed by atoms with Gasteiger partial charge >= 0.3 is 0 Å². The number of hydrogen-bond donors (Lipinski definition) is 0. The summed E-state index contributed by atoms with van der Waals surface area (Å²) in [5.74, 6) is -1.57. The van der Waals surface area contributed by atoms with Crippen molar-refractivity contribution < 1.29 is 8.78 Å². The highest BCUT2D eigenvalue weighted by atomic mass is 19.2. The molecule has 0 saturated carbocycles. The van der Waals surface area contributed by atoms with Gasteiger partial charge in [0.05, 0.1) is 0 Å². The van der Waals surface area contributed by atoms with Gasteiger partial charge in [-0.25, -0.2) is 8.78 Å². The van der Waals surface area contributed by atoms with Gasteiger partial charge in [-0.2, -0.15) is 0 Å². The molecule has 2 aromatic rings. The van der Waals surface area contributed by atoms with Crippen LogP contribution in [-0.2, 0) is 0 Å². The Bertz CT molecular complexity index is 481. The van der Waals surface area contributed by atoms with Crippen LogP contribution in [0, 0.1) is 39.3 Å². The third-order valence-corrected chi connectivity index (χ3v) is 2.74. The van der Waals surface area contributed by atoms with Crippen LogP contribution in [0.5, 0.6) is 0 Å². The van der Waals surface area contributed by atoms with Crippen LogP contribution in [0.1, 0.15) is 36.1 Å². The SMILES string of the molecule is CC.Cc1ccc(C)c(C)c1.Cc1ccc(F)c(F)c1. The highest BCUT2D eigenvalue weighted by molar-refractivity contribution is 5.28. The van der Waals surface area contributed by atoms with Gasteiger partial charge in [-0.1, -0.05) is 43.7 Å². The fourth-order valence-electron chi connectivity index (χ4n) is 1.49. The molecule has 0 aromatic heterocycles. The first-order valence-electron chi connectivity index (χ1n) is 6.85. The first kappa shape index (κ1) is 18.3. The summed E-state index contributed by atoms with van der Waals surface area (Å²) >= 11 is 0. The summed E-state index contributed by atoms with van der Waals surface area (Å²) in [7, 11) is 0. The monoisotopic (exact) mass is 278 g/mol. The van der Waals surface area contributed by atoms with E-state index >= 15 is 0 Å². The van der Waals surface area contributed by atoms with E-state index in [2.05, 4.69) is 39.0 Å². The molecule has 0 spiro atoms. The van der Waals surface area contributed by atoms with Gasteiger partial charge in [-0.05, 0) is 56.5 Å². The quantitative estimate of drug-likeness (QED) is 0.562. The van der Waals surface area contributed by atoms with Crippen molar-refractivity contribution in [2.45, 2.75) is 41.5 Å². The lowest BCUT2D eigenvalue weighted by Crippen LogP contribution is -1.82. The lowest BCUT2D eigenvalue weighted by atomic mass is 10.1. The molecule has 20 heavy (non-hydrogen) atoms. The zero-order valence-electron chi connectivity index (χ0n) is 13.2. The molecular weight excluding hydrogens is 254 g/mol. The van der Waals surface area contributed by atoms with Crippen LogP contribution in [0.25, 0.3) is 0 Å².